The van der Waals surface area contributed by atoms with E-state index < -0.39 is 6.10 Å². The van der Waals surface area contributed by atoms with Crippen molar-refractivity contribution in [2.75, 3.05) is 34.4 Å². The van der Waals surface area contributed by atoms with Crippen LogP contribution < -0.4 is 10.1 Å². The quantitative estimate of drug-likeness (QED) is 0.668. The van der Waals surface area contributed by atoms with E-state index in [1.807, 2.05) is 48.3 Å². The Balaban J connectivity index is 1.73. The molecule has 0 aliphatic rings. The number of benzene rings is 2. The van der Waals surface area contributed by atoms with E-state index in [-0.39, 0.29) is 12.5 Å². The number of aliphatic hydroxyl groups excluding tert-OH is 1. The second-order valence-corrected chi connectivity index (χ2v) is 6.49. The Labute approximate surface area is 160 Å². The molecule has 0 aliphatic carbocycles. The van der Waals surface area contributed by atoms with E-state index in [0.29, 0.717) is 25.3 Å². The van der Waals surface area contributed by atoms with Gasteiger partial charge < -0.3 is 19.9 Å². The van der Waals surface area contributed by atoms with Crippen molar-refractivity contribution in [1.29, 1.82) is 0 Å². The number of rotatable bonds is 10. The normalized spacial score (nSPS) is 12.0. The van der Waals surface area contributed by atoms with Crippen LogP contribution in [0.25, 0.3) is 0 Å². The molecule has 1 unspecified atom stereocenters. The molecule has 0 aliphatic heterocycles. The highest BCUT2D eigenvalue weighted by Gasteiger charge is 2.10. The van der Waals surface area contributed by atoms with Crippen LogP contribution in [-0.2, 0) is 17.9 Å². The van der Waals surface area contributed by atoms with Crippen LogP contribution >= 0.6 is 0 Å². The molecular formula is C21H28N2O4. The highest BCUT2D eigenvalue weighted by molar-refractivity contribution is 5.93. The Hall–Kier alpha value is -2.41. The first-order chi connectivity index (χ1) is 13.0. The van der Waals surface area contributed by atoms with Gasteiger partial charge in [-0.25, -0.2) is 0 Å². The van der Waals surface area contributed by atoms with Crippen molar-refractivity contribution in [2.24, 2.45) is 0 Å². The van der Waals surface area contributed by atoms with Crippen molar-refractivity contribution in [3.05, 3.63) is 65.2 Å². The summed E-state index contributed by atoms with van der Waals surface area (Å²) in [4.78, 5) is 13.6. The summed E-state index contributed by atoms with van der Waals surface area (Å²) in [5.74, 6) is 0.692. The Morgan fingerprint density at radius 1 is 1.19 bits per heavy atom. The van der Waals surface area contributed by atoms with Crippen LogP contribution in [0, 0.1) is 0 Å². The minimum atomic E-state index is -0.578. The molecule has 6 heteroatoms. The number of carbonyl (C=O) groups is 1. The standard InChI is InChI=1S/C21H28N2O4/c1-22-21(25)18-9-7-16(8-10-18)12-23(2)13-19(24)15-27-14-17-5-4-6-20(11-17)26-3/h4-11,19,24H,12-15H2,1-3H3,(H,22,25). The van der Waals surface area contributed by atoms with E-state index in [1.165, 1.54) is 0 Å². The van der Waals surface area contributed by atoms with Gasteiger partial charge in [-0.05, 0) is 42.4 Å². The van der Waals surface area contributed by atoms with Crippen LogP contribution in [0.15, 0.2) is 48.5 Å². The maximum Gasteiger partial charge on any atom is 0.251 e. The van der Waals surface area contributed by atoms with Crippen molar-refractivity contribution < 1.29 is 19.4 Å². The zero-order valence-corrected chi connectivity index (χ0v) is 16.1. The van der Waals surface area contributed by atoms with Crippen molar-refractivity contribution in [1.82, 2.24) is 10.2 Å². The third kappa shape index (κ3) is 7.02. The number of likely N-dealkylation sites (N-methyl/N-ethyl adjacent to an activating group) is 1. The average Bonchev–Trinajstić information content (AvgIpc) is 2.68. The number of amides is 1. The Bertz CT molecular complexity index is 718. The first kappa shape index (κ1) is 20.9. The molecule has 2 aromatic carbocycles. The number of hydrogen-bond donors (Lipinski definition) is 2. The number of nitrogens with one attached hydrogen (secondary N) is 1. The molecule has 0 fully saturated rings. The molecule has 2 aromatic rings. The number of aliphatic hydroxyl groups is 1. The number of hydrogen-bond acceptors (Lipinski definition) is 5. The van der Waals surface area contributed by atoms with Crippen molar-refractivity contribution in [3.8, 4) is 5.75 Å². The summed E-state index contributed by atoms with van der Waals surface area (Å²) in [5.41, 5.74) is 2.72. The van der Waals surface area contributed by atoms with Crippen LogP contribution in [0.5, 0.6) is 5.75 Å². The fraction of sp³-hybridized carbons (Fsp3) is 0.381. The Kier molecular flexibility index (Phi) is 8.26. The van der Waals surface area contributed by atoms with Crippen LogP contribution in [0.3, 0.4) is 0 Å². The van der Waals surface area contributed by atoms with E-state index in [4.69, 9.17) is 9.47 Å². The second-order valence-electron chi connectivity index (χ2n) is 6.49. The molecule has 2 N–H and O–H groups in total. The summed E-state index contributed by atoms with van der Waals surface area (Å²) >= 11 is 0. The van der Waals surface area contributed by atoms with Gasteiger partial charge in [0.25, 0.3) is 5.91 Å². The molecule has 0 bridgehead atoms. The topological polar surface area (TPSA) is 71.0 Å². The average molecular weight is 372 g/mol. The summed E-state index contributed by atoms with van der Waals surface area (Å²) in [6, 6.07) is 15.1. The molecule has 1 atom stereocenters. The molecule has 146 valence electrons. The molecule has 0 radical (unpaired) electrons. The summed E-state index contributed by atoms with van der Waals surface area (Å²) in [7, 11) is 5.19. The highest BCUT2D eigenvalue weighted by atomic mass is 16.5. The first-order valence-corrected chi connectivity index (χ1v) is 8.90. The van der Waals surface area contributed by atoms with E-state index in [0.717, 1.165) is 16.9 Å². The maximum atomic E-state index is 11.6. The van der Waals surface area contributed by atoms with Crippen LogP contribution in [0.2, 0.25) is 0 Å². The van der Waals surface area contributed by atoms with Gasteiger partial charge in [-0.3, -0.25) is 9.69 Å². The molecule has 6 nitrogen and oxygen atoms in total. The van der Waals surface area contributed by atoms with Crippen LogP contribution in [0.4, 0.5) is 0 Å². The molecule has 0 saturated carbocycles. The lowest BCUT2D eigenvalue weighted by Gasteiger charge is -2.20. The molecule has 0 spiro atoms. The number of ether oxygens (including phenoxy) is 2. The smallest absolute Gasteiger partial charge is 0.251 e. The summed E-state index contributed by atoms with van der Waals surface area (Å²) in [6.07, 6.45) is -0.578. The van der Waals surface area contributed by atoms with Gasteiger partial charge in [0.15, 0.2) is 0 Å². The predicted molar refractivity (Wildman–Crippen MR) is 105 cm³/mol. The number of methoxy groups -OCH3 is 1. The Morgan fingerprint density at radius 2 is 1.93 bits per heavy atom. The summed E-state index contributed by atoms with van der Waals surface area (Å²) in [6.45, 7) is 1.87. The molecule has 2 rings (SSSR count). The fourth-order valence-corrected chi connectivity index (χ4v) is 2.77. The van der Waals surface area contributed by atoms with E-state index in [1.54, 1.807) is 26.3 Å². The lowest BCUT2D eigenvalue weighted by Crippen LogP contribution is -2.31. The van der Waals surface area contributed by atoms with Gasteiger partial charge in [0.1, 0.15) is 5.75 Å². The molecule has 27 heavy (non-hydrogen) atoms. The second kappa shape index (κ2) is 10.7. The predicted octanol–water partition coefficient (Wildman–Crippen LogP) is 2.06. The lowest BCUT2D eigenvalue weighted by molar-refractivity contribution is 0.0127. The van der Waals surface area contributed by atoms with Crippen LogP contribution in [0.1, 0.15) is 21.5 Å². The molecule has 1 amide bonds. The monoisotopic (exact) mass is 372 g/mol. The third-order valence-electron chi connectivity index (χ3n) is 4.13. The molecule has 0 heterocycles. The van der Waals surface area contributed by atoms with Crippen LogP contribution in [-0.4, -0.2) is 56.4 Å². The zero-order valence-electron chi connectivity index (χ0n) is 16.1. The SMILES string of the molecule is CNC(=O)c1ccc(CN(C)CC(O)COCc2cccc(OC)c2)cc1. The largest absolute Gasteiger partial charge is 0.497 e. The van der Waals surface area contributed by atoms with E-state index >= 15 is 0 Å². The third-order valence-corrected chi connectivity index (χ3v) is 4.13. The van der Waals surface area contributed by atoms with Crippen molar-refractivity contribution >= 4 is 5.91 Å². The van der Waals surface area contributed by atoms with Gasteiger partial charge in [0, 0.05) is 25.7 Å². The van der Waals surface area contributed by atoms with Gasteiger partial charge in [0.2, 0.25) is 0 Å². The zero-order chi connectivity index (χ0) is 19.6. The van der Waals surface area contributed by atoms with Crippen molar-refractivity contribution in [3.63, 3.8) is 0 Å². The molecule has 0 saturated heterocycles. The molecule has 0 aromatic heterocycles. The molecular weight excluding hydrogens is 344 g/mol. The Morgan fingerprint density at radius 3 is 2.59 bits per heavy atom. The number of carbonyl (C=O) groups excluding carboxylic acids is 1. The van der Waals surface area contributed by atoms with Gasteiger partial charge in [-0.15, -0.1) is 0 Å². The van der Waals surface area contributed by atoms with Gasteiger partial charge >= 0.3 is 0 Å². The maximum absolute atomic E-state index is 11.6. The fourth-order valence-electron chi connectivity index (χ4n) is 2.77. The van der Waals surface area contributed by atoms with Crippen molar-refractivity contribution in [2.45, 2.75) is 19.3 Å². The van der Waals surface area contributed by atoms with E-state index in [9.17, 15) is 9.90 Å². The number of nitrogens with zero attached hydrogens (tertiary/aromatic N) is 1. The van der Waals surface area contributed by atoms with E-state index in [2.05, 4.69) is 5.32 Å². The van der Waals surface area contributed by atoms with Gasteiger partial charge in [0.05, 0.1) is 26.4 Å². The first-order valence-electron chi connectivity index (χ1n) is 8.90. The minimum Gasteiger partial charge on any atom is -0.497 e. The van der Waals surface area contributed by atoms with Gasteiger partial charge in [-0.2, -0.15) is 0 Å². The summed E-state index contributed by atoms with van der Waals surface area (Å²) < 4.78 is 10.8. The lowest BCUT2D eigenvalue weighted by atomic mass is 10.1. The van der Waals surface area contributed by atoms with Gasteiger partial charge in [-0.1, -0.05) is 24.3 Å². The minimum absolute atomic E-state index is 0.0986. The highest BCUT2D eigenvalue weighted by Crippen LogP contribution is 2.13. The summed E-state index contributed by atoms with van der Waals surface area (Å²) in [5, 5.41) is 12.8.